The Bertz CT molecular complexity index is 674. The Kier molecular flexibility index (Phi) is 3.06. The molecular weight excluding hydrogens is 232 g/mol. The Balaban J connectivity index is 2.75. The average molecular weight is 246 g/mol. The summed E-state index contributed by atoms with van der Waals surface area (Å²) < 4.78 is 5.20. The quantitative estimate of drug-likeness (QED) is 0.848. The van der Waals surface area contributed by atoms with E-state index in [9.17, 15) is 9.59 Å². The molecule has 18 heavy (non-hydrogen) atoms. The molecule has 0 aliphatic rings. The molecule has 0 atom stereocenters. The van der Waals surface area contributed by atoms with Crippen LogP contribution in [0, 0.1) is 6.92 Å². The molecule has 1 heterocycles. The van der Waals surface area contributed by atoms with E-state index >= 15 is 0 Å². The van der Waals surface area contributed by atoms with Crippen LogP contribution in [0.2, 0.25) is 0 Å². The summed E-state index contributed by atoms with van der Waals surface area (Å²) in [4.78, 5) is 26.1. The number of carbonyl (C=O) groups is 1. The summed E-state index contributed by atoms with van der Waals surface area (Å²) in [6.07, 6.45) is 0. The second-order valence-corrected chi connectivity index (χ2v) is 4.10. The number of aromatic amines is 1. The topological polar surface area (TPSA) is 71.2 Å². The number of aromatic nitrogens is 1. The van der Waals surface area contributed by atoms with E-state index in [1.54, 1.807) is 19.1 Å². The molecule has 94 valence electrons. The molecule has 1 aromatic heterocycles. The lowest BCUT2D eigenvalue weighted by atomic mass is 10.1. The summed E-state index contributed by atoms with van der Waals surface area (Å²) >= 11 is 0. The number of nitrogens with one attached hydrogen (secondary N) is 2. The lowest BCUT2D eigenvalue weighted by Gasteiger charge is -2.09. The van der Waals surface area contributed by atoms with Gasteiger partial charge in [0.05, 0.1) is 18.0 Å². The van der Waals surface area contributed by atoms with Gasteiger partial charge in [-0.15, -0.1) is 0 Å². The first-order valence-electron chi connectivity index (χ1n) is 5.50. The van der Waals surface area contributed by atoms with Gasteiger partial charge in [0, 0.05) is 30.4 Å². The molecule has 1 amide bonds. The lowest BCUT2D eigenvalue weighted by molar-refractivity contribution is -0.114. The molecule has 2 aromatic rings. The predicted molar refractivity (Wildman–Crippen MR) is 70.2 cm³/mol. The molecule has 0 aliphatic carbocycles. The van der Waals surface area contributed by atoms with Crippen molar-refractivity contribution in [3.8, 4) is 5.75 Å². The highest BCUT2D eigenvalue weighted by molar-refractivity contribution is 5.94. The van der Waals surface area contributed by atoms with Crippen LogP contribution in [0.1, 0.15) is 12.6 Å². The van der Waals surface area contributed by atoms with Gasteiger partial charge in [0.15, 0.2) is 5.43 Å². The number of hydrogen-bond acceptors (Lipinski definition) is 3. The van der Waals surface area contributed by atoms with Gasteiger partial charge in [-0.2, -0.15) is 0 Å². The Morgan fingerprint density at radius 2 is 2.06 bits per heavy atom. The summed E-state index contributed by atoms with van der Waals surface area (Å²) in [5.41, 5.74) is 1.89. The summed E-state index contributed by atoms with van der Waals surface area (Å²) in [6.45, 7) is 3.23. The number of pyridine rings is 1. The fourth-order valence-corrected chi connectivity index (χ4v) is 1.92. The molecule has 1 aromatic carbocycles. The zero-order valence-corrected chi connectivity index (χ0v) is 10.5. The highest BCUT2D eigenvalue weighted by Gasteiger charge is 2.09. The summed E-state index contributed by atoms with van der Waals surface area (Å²) in [7, 11) is 1.49. The van der Waals surface area contributed by atoms with E-state index in [2.05, 4.69) is 10.3 Å². The van der Waals surface area contributed by atoms with Crippen LogP contribution in [0.25, 0.3) is 10.9 Å². The minimum Gasteiger partial charge on any atom is -0.496 e. The van der Waals surface area contributed by atoms with Gasteiger partial charge in [0.1, 0.15) is 5.75 Å². The SMILES string of the molecule is COc1cc(NC(C)=O)cc2[nH]c(C)cc(=O)c12. The van der Waals surface area contributed by atoms with Crippen molar-refractivity contribution in [2.75, 3.05) is 12.4 Å². The van der Waals surface area contributed by atoms with Gasteiger partial charge in [-0.25, -0.2) is 0 Å². The zero-order valence-electron chi connectivity index (χ0n) is 10.5. The maximum Gasteiger partial charge on any atom is 0.221 e. The van der Waals surface area contributed by atoms with E-state index in [1.165, 1.54) is 20.1 Å². The number of benzene rings is 1. The van der Waals surface area contributed by atoms with E-state index in [1.807, 2.05) is 0 Å². The standard InChI is InChI=1S/C13H14N2O3/c1-7-4-11(17)13-10(14-7)5-9(15-8(2)16)6-12(13)18-3/h4-6H,1-3H3,(H,14,17)(H,15,16). The van der Waals surface area contributed by atoms with E-state index in [4.69, 9.17) is 4.74 Å². The van der Waals surface area contributed by atoms with E-state index in [0.29, 0.717) is 22.3 Å². The van der Waals surface area contributed by atoms with Crippen molar-refractivity contribution in [3.05, 3.63) is 34.1 Å². The zero-order chi connectivity index (χ0) is 13.3. The van der Waals surface area contributed by atoms with Crippen LogP contribution >= 0.6 is 0 Å². The van der Waals surface area contributed by atoms with Crippen LogP contribution in [0.3, 0.4) is 0 Å². The Morgan fingerprint density at radius 1 is 1.33 bits per heavy atom. The molecule has 2 N–H and O–H groups in total. The third-order valence-corrected chi connectivity index (χ3v) is 2.57. The Morgan fingerprint density at radius 3 is 2.67 bits per heavy atom. The van der Waals surface area contributed by atoms with Crippen LogP contribution in [0.4, 0.5) is 5.69 Å². The van der Waals surface area contributed by atoms with Crippen molar-refractivity contribution in [1.29, 1.82) is 0 Å². The first-order chi connectivity index (χ1) is 8.51. The number of H-pyrrole nitrogens is 1. The molecule has 0 saturated carbocycles. The van der Waals surface area contributed by atoms with Crippen LogP contribution in [0.15, 0.2) is 23.0 Å². The van der Waals surface area contributed by atoms with Crippen LogP contribution in [-0.2, 0) is 4.79 Å². The van der Waals surface area contributed by atoms with Crippen LogP contribution < -0.4 is 15.5 Å². The Hall–Kier alpha value is -2.30. The van der Waals surface area contributed by atoms with E-state index < -0.39 is 0 Å². The number of hydrogen-bond donors (Lipinski definition) is 2. The fourth-order valence-electron chi connectivity index (χ4n) is 1.92. The van der Waals surface area contributed by atoms with E-state index in [0.717, 1.165) is 5.69 Å². The van der Waals surface area contributed by atoms with Crippen molar-refractivity contribution < 1.29 is 9.53 Å². The van der Waals surface area contributed by atoms with Crippen molar-refractivity contribution in [3.63, 3.8) is 0 Å². The van der Waals surface area contributed by atoms with Gasteiger partial charge in [0.2, 0.25) is 5.91 Å². The largest absolute Gasteiger partial charge is 0.496 e. The van der Waals surface area contributed by atoms with Crippen LogP contribution in [-0.4, -0.2) is 18.0 Å². The first kappa shape index (κ1) is 12.2. The molecule has 0 radical (unpaired) electrons. The number of amides is 1. The van der Waals surface area contributed by atoms with Gasteiger partial charge in [-0.1, -0.05) is 0 Å². The minimum absolute atomic E-state index is 0.104. The molecule has 0 saturated heterocycles. The molecule has 0 spiro atoms. The van der Waals surface area contributed by atoms with Crippen molar-refractivity contribution in [2.45, 2.75) is 13.8 Å². The van der Waals surface area contributed by atoms with Crippen molar-refractivity contribution >= 4 is 22.5 Å². The lowest BCUT2D eigenvalue weighted by Crippen LogP contribution is -2.09. The van der Waals surface area contributed by atoms with Gasteiger partial charge in [-0.05, 0) is 13.0 Å². The summed E-state index contributed by atoms with van der Waals surface area (Å²) in [6, 6.07) is 4.87. The van der Waals surface area contributed by atoms with Crippen molar-refractivity contribution in [1.82, 2.24) is 4.98 Å². The molecular formula is C13H14N2O3. The third-order valence-electron chi connectivity index (χ3n) is 2.57. The van der Waals surface area contributed by atoms with Gasteiger partial charge in [-0.3, -0.25) is 9.59 Å². The minimum atomic E-state index is -0.175. The van der Waals surface area contributed by atoms with Gasteiger partial charge >= 0.3 is 0 Å². The molecule has 0 bridgehead atoms. The third kappa shape index (κ3) is 2.20. The predicted octanol–water partition coefficient (Wildman–Crippen LogP) is 1.80. The smallest absolute Gasteiger partial charge is 0.221 e. The van der Waals surface area contributed by atoms with Crippen molar-refractivity contribution in [2.24, 2.45) is 0 Å². The highest BCUT2D eigenvalue weighted by Crippen LogP contribution is 2.26. The average Bonchev–Trinajstić information content (AvgIpc) is 2.25. The Labute approximate surface area is 104 Å². The maximum atomic E-state index is 11.9. The number of fused-ring (bicyclic) bond motifs is 1. The highest BCUT2D eigenvalue weighted by atomic mass is 16.5. The first-order valence-corrected chi connectivity index (χ1v) is 5.50. The number of methoxy groups -OCH3 is 1. The maximum absolute atomic E-state index is 11.9. The normalized spacial score (nSPS) is 10.4. The number of anilines is 1. The molecule has 0 aliphatic heterocycles. The number of carbonyl (C=O) groups excluding carboxylic acids is 1. The molecule has 5 nitrogen and oxygen atoms in total. The summed E-state index contributed by atoms with van der Waals surface area (Å²) in [5, 5.41) is 3.15. The number of rotatable bonds is 2. The van der Waals surface area contributed by atoms with E-state index in [-0.39, 0.29) is 11.3 Å². The molecule has 0 fully saturated rings. The van der Waals surface area contributed by atoms with Gasteiger partial charge in [0.25, 0.3) is 0 Å². The number of ether oxygens (including phenoxy) is 1. The van der Waals surface area contributed by atoms with Gasteiger partial charge < -0.3 is 15.0 Å². The van der Waals surface area contributed by atoms with Crippen LogP contribution in [0.5, 0.6) is 5.75 Å². The summed E-state index contributed by atoms with van der Waals surface area (Å²) in [5.74, 6) is 0.268. The second-order valence-electron chi connectivity index (χ2n) is 4.10. The fraction of sp³-hybridized carbons (Fsp3) is 0.231. The molecule has 5 heteroatoms. The second kappa shape index (κ2) is 4.52. The number of aryl methyl sites for hydroxylation is 1. The molecule has 2 rings (SSSR count). The molecule has 0 unspecified atom stereocenters. The monoisotopic (exact) mass is 246 g/mol.